The van der Waals surface area contributed by atoms with E-state index >= 15 is 0 Å². The van der Waals surface area contributed by atoms with Crippen LogP contribution in [0.2, 0.25) is 0 Å². The fraction of sp³-hybridized carbons (Fsp3) is 0.417. The molecule has 1 aromatic carbocycles. The predicted molar refractivity (Wildman–Crippen MR) is 69.8 cm³/mol. The van der Waals surface area contributed by atoms with E-state index in [0.717, 1.165) is 18.4 Å². The largest absolute Gasteiger partial charge is 0.478 e. The van der Waals surface area contributed by atoms with Gasteiger partial charge in [-0.2, -0.15) is 0 Å². The van der Waals surface area contributed by atoms with Crippen LogP contribution in [0, 0.1) is 0 Å². The molecule has 1 N–H and O–H groups in total. The first kappa shape index (κ1) is 12.5. The van der Waals surface area contributed by atoms with Gasteiger partial charge in [0, 0.05) is 0 Å². The van der Waals surface area contributed by atoms with Crippen molar-refractivity contribution in [3.8, 4) is 0 Å². The van der Waals surface area contributed by atoms with Crippen molar-refractivity contribution >= 4 is 28.6 Å². The second-order valence-electron chi connectivity index (χ2n) is 3.46. The highest BCUT2D eigenvalue weighted by Crippen LogP contribution is 2.13. The summed E-state index contributed by atoms with van der Waals surface area (Å²) in [4.78, 5) is 10.9. The number of hydrogen-bond acceptors (Lipinski definition) is 1. The minimum Gasteiger partial charge on any atom is -0.478 e. The standard InChI is InChI=1S/C12H15IO2/c13-9-5-1-2-6-10-7-3-4-8-11(10)12(14)15/h3-4,7-8H,1-2,5-6,9H2,(H,14,15). The summed E-state index contributed by atoms with van der Waals surface area (Å²) in [6.45, 7) is 0. The summed E-state index contributed by atoms with van der Waals surface area (Å²) in [5, 5.41) is 8.97. The topological polar surface area (TPSA) is 37.3 Å². The lowest BCUT2D eigenvalue weighted by Gasteiger charge is -2.04. The number of halogens is 1. The number of carbonyl (C=O) groups is 1. The number of aryl methyl sites for hydroxylation is 1. The summed E-state index contributed by atoms with van der Waals surface area (Å²) in [7, 11) is 0. The summed E-state index contributed by atoms with van der Waals surface area (Å²) in [6, 6.07) is 7.27. The van der Waals surface area contributed by atoms with Crippen LogP contribution in [-0.4, -0.2) is 15.5 Å². The first-order chi connectivity index (χ1) is 7.25. The van der Waals surface area contributed by atoms with Crippen LogP contribution in [0.25, 0.3) is 0 Å². The first-order valence-electron chi connectivity index (χ1n) is 5.13. The zero-order chi connectivity index (χ0) is 11.1. The highest BCUT2D eigenvalue weighted by molar-refractivity contribution is 14.1. The molecule has 1 aromatic rings. The van der Waals surface area contributed by atoms with Gasteiger partial charge in [0.1, 0.15) is 0 Å². The molecule has 0 saturated carbocycles. The number of alkyl halides is 1. The highest BCUT2D eigenvalue weighted by Gasteiger charge is 2.07. The molecule has 0 saturated heterocycles. The predicted octanol–water partition coefficient (Wildman–Crippen LogP) is 3.53. The van der Waals surface area contributed by atoms with Crippen LogP contribution in [0.1, 0.15) is 35.2 Å². The van der Waals surface area contributed by atoms with Crippen LogP contribution >= 0.6 is 22.6 Å². The third-order valence-electron chi connectivity index (χ3n) is 2.33. The molecular formula is C12H15IO2. The Balaban J connectivity index is 2.56. The number of unbranched alkanes of at least 4 members (excludes halogenated alkanes) is 2. The zero-order valence-corrected chi connectivity index (χ0v) is 10.7. The Labute approximate surface area is 104 Å². The monoisotopic (exact) mass is 318 g/mol. The van der Waals surface area contributed by atoms with E-state index in [4.69, 9.17) is 5.11 Å². The number of hydrogen-bond donors (Lipinski definition) is 1. The van der Waals surface area contributed by atoms with Crippen molar-refractivity contribution in [1.82, 2.24) is 0 Å². The second-order valence-corrected chi connectivity index (χ2v) is 4.54. The molecule has 0 radical (unpaired) electrons. The molecule has 0 aliphatic carbocycles. The van der Waals surface area contributed by atoms with Gasteiger partial charge in [0.05, 0.1) is 5.56 Å². The fourth-order valence-corrected chi connectivity index (χ4v) is 2.07. The Kier molecular flexibility index (Phi) is 5.68. The molecule has 2 nitrogen and oxygen atoms in total. The van der Waals surface area contributed by atoms with E-state index in [-0.39, 0.29) is 0 Å². The maximum absolute atomic E-state index is 10.9. The van der Waals surface area contributed by atoms with Gasteiger partial charge in [0.2, 0.25) is 0 Å². The Morgan fingerprint density at radius 1 is 1.20 bits per heavy atom. The Bertz CT molecular complexity index is 323. The van der Waals surface area contributed by atoms with E-state index < -0.39 is 5.97 Å². The van der Waals surface area contributed by atoms with E-state index in [1.807, 2.05) is 12.1 Å². The van der Waals surface area contributed by atoms with Crippen molar-refractivity contribution in [3.63, 3.8) is 0 Å². The van der Waals surface area contributed by atoms with Crippen molar-refractivity contribution < 1.29 is 9.90 Å². The molecule has 82 valence electrons. The third kappa shape index (κ3) is 4.20. The van der Waals surface area contributed by atoms with Crippen LogP contribution in [0.5, 0.6) is 0 Å². The SMILES string of the molecule is O=C(O)c1ccccc1CCCCCI. The minimum absolute atomic E-state index is 0.451. The van der Waals surface area contributed by atoms with Crippen molar-refractivity contribution in [2.24, 2.45) is 0 Å². The summed E-state index contributed by atoms with van der Waals surface area (Å²) in [6.07, 6.45) is 4.35. The lowest BCUT2D eigenvalue weighted by Crippen LogP contribution is -2.02. The molecule has 0 aromatic heterocycles. The smallest absolute Gasteiger partial charge is 0.335 e. The molecular weight excluding hydrogens is 303 g/mol. The zero-order valence-electron chi connectivity index (χ0n) is 8.58. The molecule has 0 fully saturated rings. The summed E-state index contributed by atoms with van der Waals surface area (Å²) in [5.74, 6) is -0.820. The van der Waals surface area contributed by atoms with Gasteiger partial charge in [-0.25, -0.2) is 4.79 Å². The van der Waals surface area contributed by atoms with Gasteiger partial charge in [0.15, 0.2) is 0 Å². The van der Waals surface area contributed by atoms with E-state index in [1.54, 1.807) is 12.1 Å². The highest BCUT2D eigenvalue weighted by atomic mass is 127. The van der Waals surface area contributed by atoms with Crippen LogP contribution in [-0.2, 0) is 6.42 Å². The van der Waals surface area contributed by atoms with Crippen molar-refractivity contribution in [2.45, 2.75) is 25.7 Å². The number of carboxylic acid groups (broad SMARTS) is 1. The number of carboxylic acids is 1. The van der Waals surface area contributed by atoms with Gasteiger partial charge in [-0.05, 0) is 35.3 Å². The molecule has 0 aliphatic rings. The number of aromatic carboxylic acids is 1. The molecule has 0 atom stereocenters. The van der Waals surface area contributed by atoms with Gasteiger partial charge in [-0.15, -0.1) is 0 Å². The average molecular weight is 318 g/mol. The lowest BCUT2D eigenvalue weighted by molar-refractivity contribution is 0.0695. The lowest BCUT2D eigenvalue weighted by atomic mass is 10.0. The van der Waals surface area contributed by atoms with Gasteiger partial charge in [-0.3, -0.25) is 0 Å². The van der Waals surface area contributed by atoms with E-state index in [0.29, 0.717) is 5.56 Å². The maximum Gasteiger partial charge on any atom is 0.335 e. The van der Waals surface area contributed by atoms with E-state index in [1.165, 1.54) is 17.3 Å². The van der Waals surface area contributed by atoms with Gasteiger partial charge in [-0.1, -0.05) is 47.2 Å². The average Bonchev–Trinajstić information content (AvgIpc) is 2.25. The fourth-order valence-electron chi connectivity index (χ4n) is 1.53. The van der Waals surface area contributed by atoms with Crippen LogP contribution < -0.4 is 0 Å². The molecule has 0 amide bonds. The molecule has 1 rings (SSSR count). The van der Waals surface area contributed by atoms with Crippen molar-refractivity contribution in [1.29, 1.82) is 0 Å². The number of rotatable bonds is 6. The van der Waals surface area contributed by atoms with Crippen LogP contribution in [0.15, 0.2) is 24.3 Å². The molecule has 0 unspecified atom stereocenters. The molecule has 0 bridgehead atoms. The summed E-state index contributed by atoms with van der Waals surface area (Å²) >= 11 is 2.37. The normalized spacial score (nSPS) is 10.2. The van der Waals surface area contributed by atoms with Gasteiger partial charge in [0.25, 0.3) is 0 Å². The Hall–Kier alpha value is -0.580. The maximum atomic E-state index is 10.9. The molecule has 0 aliphatic heterocycles. The molecule has 0 spiro atoms. The van der Waals surface area contributed by atoms with Gasteiger partial charge >= 0.3 is 5.97 Å². The Morgan fingerprint density at radius 3 is 2.60 bits per heavy atom. The van der Waals surface area contributed by atoms with E-state index in [2.05, 4.69) is 22.6 Å². The van der Waals surface area contributed by atoms with Crippen LogP contribution in [0.3, 0.4) is 0 Å². The Morgan fingerprint density at radius 2 is 1.93 bits per heavy atom. The third-order valence-corrected chi connectivity index (χ3v) is 3.09. The minimum atomic E-state index is -0.820. The number of benzene rings is 1. The second kappa shape index (κ2) is 6.82. The van der Waals surface area contributed by atoms with Crippen molar-refractivity contribution in [2.75, 3.05) is 4.43 Å². The van der Waals surface area contributed by atoms with Crippen molar-refractivity contribution in [3.05, 3.63) is 35.4 Å². The molecule has 3 heteroatoms. The first-order valence-corrected chi connectivity index (χ1v) is 6.65. The van der Waals surface area contributed by atoms with Crippen LogP contribution in [0.4, 0.5) is 0 Å². The molecule has 0 heterocycles. The van der Waals surface area contributed by atoms with Gasteiger partial charge < -0.3 is 5.11 Å². The summed E-state index contributed by atoms with van der Waals surface area (Å²) < 4.78 is 1.18. The quantitative estimate of drug-likeness (QED) is 0.495. The molecule has 15 heavy (non-hydrogen) atoms. The van der Waals surface area contributed by atoms with E-state index in [9.17, 15) is 4.79 Å². The summed E-state index contributed by atoms with van der Waals surface area (Å²) in [5.41, 5.74) is 1.41.